The van der Waals surface area contributed by atoms with E-state index in [1.54, 1.807) is 18.2 Å². The van der Waals surface area contributed by atoms with Crippen molar-refractivity contribution in [2.75, 3.05) is 26.9 Å². The molecule has 0 aliphatic carbocycles. The molecule has 0 fully saturated rings. The number of esters is 1. The number of carbonyl (C=O) groups is 1. The van der Waals surface area contributed by atoms with E-state index in [0.29, 0.717) is 42.8 Å². The van der Waals surface area contributed by atoms with Gasteiger partial charge >= 0.3 is 5.97 Å². The van der Waals surface area contributed by atoms with Gasteiger partial charge < -0.3 is 18.9 Å². The standard InChI is InChI=1S/C20H24N2O5S/c1-4-25-17-13-19(18(26-5-2)12-16(17)22-21)28-15-8-6-14(7-9-15)27-20(23)10-11-24-3/h6-9,12-13,21H,4-5,10-11H2,1-3H3. The summed E-state index contributed by atoms with van der Waals surface area (Å²) in [6.07, 6.45) is 0.207. The van der Waals surface area contributed by atoms with E-state index < -0.39 is 0 Å². The van der Waals surface area contributed by atoms with Crippen molar-refractivity contribution in [3.8, 4) is 17.2 Å². The molecule has 2 aromatic carbocycles. The number of nitrogens with one attached hydrogen (secondary N) is 1. The van der Waals surface area contributed by atoms with Crippen molar-refractivity contribution in [1.82, 2.24) is 0 Å². The van der Waals surface area contributed by atoms with E-state index in [0.717, 1.165) is 9.79 Å². The summed E-state index contributed by atoms with van der Waals surface area (Å²) in [6.45, 7) is 5.08. The third-order valence-corrected chi connectivity index (χ3v) is 4.59. The number of hydrogen-bond donors (Lipinski definition) is 1. The van der Waals surface area contributed by atoms with Gasteiger partial charge in [-0.3, -0.25) is 4.79 Å². The smallest absolute Gasteiger partial charge is 0.313 e. The Labute approximate surface area is 168 Å². The largest absolute Gasteiger partial charge is 0.493 e. The third-order valence-electron chi connectivity index (χ3n) is 3.54. The predicted octanol–water partition coefficient (Wildman–Crippen LogP) is 5.24. The van der Waals surface area contributed by atoms with Crippen molar-refractivity contribution in [1.29, 1.82) is 5.53 Å². The first-order chi connectivity index (χ1) is 13.6. The summed E-state index contributed by atoms with van der Waals surface area (Å²) in [4.78, 5) is 13.5. The molecular formula is C20H24N2O5S. The molecule has 150 valence electrons. The van der Waals surface area contributed by atoms with Crippen molar-refractivity contribution in [3.63, 3.8) is 0 Å². The molecule has 0 amide bonds. The first-order valence-corrected chi connectivity index (χ1v) is 9.71. The number of carbonyl (C=O) groups excluding carboxylic acids is 1. The zero-order valence-corrected chi connectivity index (χ0v) is 17.0. The number of benzene rings is 2. The second-order valence-corrected chi connectivity index (χ2v) is 6.65. The highest BCUT2D eigenvalue weighted by Crippen LogP contribution is 2.42. The summed E-state index contributed by atoms with van der Waals surface area (Å²) in [5, 5.41) is 3.52. The van der Waals surface area contributed by atoms with Crippen LogP contribution in [-0.2, 0) is 9.53 Å². The van der Waals surface area contributed by atoms with Gasteiger partial charge in [-0.25, -0.2) is 5.53 Å². The highest BCUT2D eigenvalue weighted by molar-refractivity contribution is 7.99. The van der Waals surface area contributed by atoms with Crippen LogP contribution < -0.4 is 14.2 Å². The van der Waals surface area contributed by atoms with Crippen LogP contribution in [-0.4, -0.2) is 32.9 Å². The quantitative estimate of drug-likeness (QED) is 0.313. The Morgan fingerprint density at radius 2 is 1.75 bits per heavy atom. The Balaban J connectivity index is 2.18. The summed E-state index contributed by atoms with van der Waals surface area (Å²) < 4.78 is 21.4. The number of ether oxygens (including phenoxy) is 4. The average molecular weight is 404 g/mol. The molecular weight excluding hydrogens is 380 g/mol. The van der Waals surface area contributed by atoms with Crippen LogP contribution in [0.3, 0.4) is 0 Å². The van der Waals surface area contributed by atoms with Crippen molar-refractivity contribution in [3.05, 3.63) is 36.4 Å². The molecule has 28 heavy (non-hydrogen) atoms. The van der Waals surface area contributed by atoms with Gasteiger partial charge in [-0.2, -0.15) is 5.11 Å². The molecule has 7 nitrogen and oxygen atoms in total. The fraction of sp³-hybridized carbons (Fsp3) is 0.350. The molecule has 0 aromatic heterocycles. The Morgan fingerprint density at radius 1 is 1.07 bits per heavy atom. The van der Waals surface area contributed by atoms with Crippen LogP contribution in [0.15, 0.2) is 51.3 Å². The first kappa shape index (κ1) is 21.7. The molecule has 2 rings (SSSR count). The van der Waals surface area contributed by atoms with Gasteiger partial charge in [-0.05, 0) is 38.1 Å². The van der Waals surface area contributed by atoms with E-state index in [9.17, 15) is 4.79 Å². The van der Waals surface area contributed by atoms with Gasteiger partial charge in [0.05, 0.1) is 31.1 Å². The van der Waals surface area contributed by atoms with Crippen molar-refractivity contribution in [2.45, 2.75) is 30.1 Å². The summed E-state index contributed by atoms with van der Waals surface area (Å²) in [5.74, 6) is 1.31. The number of hydrogen-bond acceptors (Lipinski definition) is 8. The zero-order chi connectivity index (χ0) is 20.4. The lowest BCUT2D eigenvalue weighted by Gasteiger charge is -2.14. The number of rotatable bonds is 11. The van der Waals surface area contributed by atoms with Gasteiger partial charge in [0.2, 0.25) is 0 Å². The normalized spacial score (nSPS) is 10.4. The lowest BCUT2D eigenvalue weighted by atomic mass is 10.2. The molecule has 0 saturated carbocycles. The van der Waals surface area contributed by atoms with Crippen LogP contribution in [0.4, 0.5) is 5.69 Å². The van der Waals surface area contributed by atoms with Crippen LogP contribution in [0.1, 0.15) is 20.3 Å². The van der Waals surface area contributed by atoms with Gasteiger partial charge in [-0.1, -0.05) is 11.8 Å². The van der Waals surface area contributed by atoms with Crippen molar-refractivity contribution < 1.29 is 23.7 Å². The predicted molar refractivity (Wildman–Crippen MR) is 106 cm³/mol. The van der Waals surface area contributed by atoms with Crippen LogP contribution in [0.5, 0.6) is 17.2 Å². The van der Waals surface area contributed by atoms with Crippen LogP contribution >= 0.6 is 11.8 Å². The SMILES string of the molecule is CCOc1cc(Sc2ccc(OC(=O)CCOC)cc2)c(OCC)cc1N=N. The van der Waals surface area contributed by atoms with E-state index >= 15 is 0 Å². The topological polar surface area (TPSA) is 90.2 Å². The van der Waals surface area contributed by atoms with E-state index in [2.05, 4.69) is 5.11 Å². The molecule has 0 spiro atoms. The molecule has 0 radical (unpaired) electrons. The molecule has 8 heteroatoms. The van der Waals surface area contributed by atoms with Gasteiger partial charge in [0.25, 0.3) is 0 Å². The zero-order valence-electron chi connectivity index (χ0n) is 16.2. The minimum absolute atomic E-state index is 0.207. The Bertz CT molecular complexity index is 796. The second-order valence-electron chi connectivity index (χ2n) is 5.53. The Kier molecular flexibility index (Phi) is 8.77. The van der Waals surface area contributed by atoms with E-state index in [1.807, 2.05) is 32.0 Å². The lowest BCUT2D eigenvalue weighted by Crippen LogP contribution is -2.10. The van der Waals surface area contributed by atoms with Crippen molar-refractivity contribution >= 4 is 23.4 Å². The number of methoxy groups -OCH3 is 1. The summed E-state index contributed by atoms with van der Waals surface area (Å²) >= 11 is 1.49. The second kappa shape index (κ2) is 11.3. The van der Waals surface area contributed by atoms with E-state index in [-0.39, 0.29) is 12.4 Å². The van der Waals surface area contributed by atoms with Crippen LogP contribution in [0.2, 0.25) is 0 Å². The summed E-state index contributed by atoms with van der Waals surface area (Å²) in [7, 11) is 1.54. The summed E-state index contributed by atoms with van der Waals surface area (Å²) in [5.41, 5.74) is 7.76. The molecule has 0 atom stereocenters. The minimum Gasteiger partial charge on any atom is -0.493 e. The van der Waals surface area contributed by atoms with Crippen molar-refractivity contribution in [2.24, 2.45) is 5.11 Å². The monoisotopic (exact) mass is 404 g/mol. The minimum atomic E-state index is -0.336. The first-order valence-electron chi connectivity index (χ1n) is 8.89. The molecule has 0 aliphatic heterocycles. The highest BCUT2D eigenvalue weighted by Gasteiger charge is 2.14. The van der Waals surface area contributed by atoms with Gasteiger partial charge in [0.15, 0.2) is 0 Å². The molecule has 0 saturated heterocycles. The van der Waals surface area contributed by atoms with Gasteiger partial charge in [0.1, 0.15) is 22.9 Å². The molecule has 0 heterocycles. The molecule has 0 bridgehead atoms. The Hall–Kier alpha value is -2.58. The van der Waals surface area contributed by atoms with Gasteiger partial charge in [-0.15, -0.1) is 0 Å². The third kappa shape index (κ3) is 6.24. The highest BCUT2D eigenvalue weighted by atomic mass is 32.2. The maximum atomic E-state index is 11.7. The van der Waals surface area contributed by atoms with E-state index in [4.69, 9.17) is 24.5 Å². The molecule has 1 N–H and O–H groups in total. The maximum Gasteiger partial charge on any atom is 0.313 e. The molecule has 2 aromatic rings. The maximum absolute atomic E-state index is 11.7. The lowest BCUT2D eigenvalue weighted by molar-refractivity contribution is -0.135. The fourth-order valence-electron chi connectivity index (χ4n) is 2.31. The fourth-order valence-corrected chi connectivity index (χ4v) is 3.22. The van der Waals surface area contributed by atoms with Crippen LogP contribution in [0, 0.1) is 5.53 Å². The summed E-state index contributed by atoms with van der Waals surface area (Å²) in [6, 6.07) is 10.7. The Morgan fingerprint density at radius 3 is 2.36 bits per heavy atom. The number of nitrogens with zero attached hydrogens (tertiary/aromatic N) is 1. The molecule has 0 unspecified atom stereocenters. The average Bonchev–Trinajstić information content (AvgIpc) is 2.70. The molecule has 0 aliphatic rings. The van der Waals surface area contributed by atoms with Gasteiger partial charge in [0, 0.05) is 24.1 Å². The van der Waals surface area contributed by atoms with E-state index in [1.165, 1.54) is 18.9 Å². The van der Waals surface area contributed by atoms with Crippen LogP contribution in [0.25, 0.3) is 0 Å².